The number of nitrogens with one attached hydrogen (secondary N) is 3. The van der Waals surface area contributed by atoms with Crippen LogP contribution in [-0.2, 0) is 27.4 Å². The lowest BCUT2D eigenvalue weighted by Crippen LogP contribution is -2.54. The van der Waals surface area contributed by atoms with Crippen molar-refractivity contribution in [3.8, 4) is 6.07 Å². The smallest absolute Gasteiger partial charge is 0.307 e. The van der Waals surface area contributed by atoms with Crippen LogP contribution in [0.3, 0.4) is 0 Å². The van der Waals surface area contributed by atoms with Crippen molar-refractivity contribution < 1.29 is 14.3 Å². The van der Waals surface area contributed by atoms with Gasteiger partial charge in [-0.2, -0.15) is 5.26 Å². The van der Waals surface area contributed by atoms with Crippen LogP contribution in [-0.4, -0.2) is 58.7 Å². The Hall–Kier alpha value is -2.67. The fourth-order valence-electron chi connectivity index (χ4n) is 6.43. The molecule has 37 heavy (non-hydrogen) atoms. The molecule has 3 N–H and O–H groups in total. The number of rotatable bonds is 6. The highest BCUT2D eigenvalue weighted by Crippen LogP contribution is 2.37. The number of hydrogen-bond donors (Lipinski definition) is 3. The Morgan fingerprint density at radius 3 is 2.73 bits per heavy atom. The van der Waals surface area contributed by atoms with E-state index in [1.165, 1.54) is 11.1 Å². The molecule has 3 unspecified atom stereocenters. The third-order valence-corrected chi connectivity index (χ3v) is 8.08. The van der Waals surface area contributed by atoms with E-state index in [2.05, 4.69) is 50.2 Å². The monoisotopic (exact) mass is 508 g/mol. The van der Waals surface area contributed by atoms with Gasteiger partial charge in [-0.3, -0.25) is 14.5 Å². The molecule has 1 aromatic carbocycles. The Kier molecular flexibility index (Phi) is 7.44. The first-order valence-electron chi connectivity index (χ1n) is 13.8. The number of carbonyl (C=O) groups excluding carboxylic acids is 2. The van der Waals surface area contributed by atoms with Gasteiger partial charge in [0.1, 0.15) is 11.8 Å². The average molecular weight is 509 g/mol. The summed E-state index contributed by atoms with van der Waals surface area (Å²) in [5.41, 5.74) is 6.64. The molecule has 1 aromatic rings. The number of amides is 1. The highest BCUT2D eigenvalue weighted by molar-refractivity contribution is 5.82. The number of piperidine rings is 1. The SMILES string of the molecule is CC(C)(C)OC(=O)CCN1Cc2ccc(NC3NN([C@H]4CCCC[C@@H]4C#N)C4CCNC(=O)C34)cc2C1. The first-order valence-corrected chi connectivity index (χ1v) is 13.8. The Labute approximate surface area is 219 Å². The zero-order valence-electron chi connectivity index (χ0n) is 22.3. The van der Waals surface area contributed by atoms with Gasteiger partial charge in [-0.05, 0) is 63.3 Å². The molecule has 0 spiro atoms. The minimum absolute atomic E-state index is 0.00250. The Balaban J connectivity index is 1.24. The second-order valence-corrected chi connectivity index (χ2v) is 11.9. The van der Waals surface area contributed by atoms with Gasteiger partial charge in [0.15, 0.2) is 0 Å². The molecule has 3 fully saturated rings. The predicted octanol–water partition coefficient (Wildman–Crippen LogP) is 2.88. The van der Waals surface area contributed by atoms with Gasteiger partial charge in [-0.15, -0.1) is 0 Å². The third-order valence-electron chi connectivity index (χ3n) is 8.08. The van der Waals surface area contributed by atoms with Crippen LogP contribution in [0, 0.1) is 23.2 Å². The molecule has 200 valence electrons. The van der Waals surface area contributed by atoms with Crippen LogP contribution in [0.5, 0.6) is 0 Å². The van der Waals surface area contributed by atoms with Crippen LogP contribution in [0.1, 0.15) is 70.4 Å². The molecule has 4 aliphatic rings. The number of hydrogen-bond acceptors (Lipinski definition) is 8. The van der Waals surface area contributed by atoms with Crippen molar-refractivity contribution in [3.63, 3.8) is 0 Å². The Morgan fingerprint density at radius 2 is 1.95 bits per heavy atom. The number of ether oxygens (including phenoxy) is 1. The topological polar surface area (TPSA) is 110 Å². The van der Waals surface area contributed by atoms with Crippen molar-refractivity contribution in [2.75, 3.05) is 18.4 Å². The number of esters is 1. The molecular formula is C28H40N6O3. The van der Waals surface area contributed by atoms with Crippen molar-refractivity contribution >= 4 is 17.6 Å². The molecule has 1 aliphatic carbocycles. The van der Waals surface area contributed by atoms with E-state index in [9.17, 15) is 14.9 Å². The maximum atomic E-state index is 13.0. The largest absolute Gasteiger partial charge is 0.460 e. The number of anilines is 1. The van der Waals surface area contributed by atoms with Gasteiger partial charge in [-0.25, -0.2) is 10.4 Å². The molecule has 1 amide bonds. The van der Waals surface area contributed by atoms with Crippen LogP contribution in [0.4, 0.5) is 5.69 Å². The fraction of sp³-hybridized carbons (Fsp3) is 0.679. The van der Waals surface area contributed by atoms with Gasteiger partial charge in [0, 0.05) is 44.0 Å². The van der Waals surface area contributed by atoms with Crippen LogP contribution in [0.2, 0.25) is 0 Å². The van der Waals surface area contributed by atoms with E-state index in [1.807, 2.05) is 20.8 Å². The van der Waals surface area contributed by atoms with Crippen molar-refractivity contribution in [1.29, 1.82) is 5.26 Å². The molecule has 3 heterocycles. The lowest BCUT2D eigenvalue weighted by atomic mass is 9.83. The van der Waals surface area contributed by atoms with E-state index in [0.29, 0.717) is 19.5 Å². The Bertz CT molecular complexity index is 1060. The summed E-state index contributed by atoms with van der Waals surface area (Å²) in [6.07, 6.45) is 5.17. The van der Waals surface area contributed by atoms with Crippen molar-refractivity contribution in [2.24, 2.45) is 11.8 Å². The zero-order chi connectivity index (χ0) is 26.2. The van der Waals surface area contributed by atoms with E-state index >= 15 is 0 Å². The summed E-state index contributed by atoms with van der Waals surface area (Å²) in [6, 6.07) is 9.14. The normalized spacial score (nSPS) is 30.2. The summed E-state index contributed by atoms with van der Waals surface area (Å²) in [6.45, 7) is 8.61. The van der Waals surface area contributed by atoms with Crippen LogP contribution < -0.4 is 16.1 Å². The molecule has 5 rings (SSSR count). The van der Waals surface area contributed by atoms with Crippen molar-refractivity contribution in [1.82, 2.24) is 20.7 Å². The second-order valence-electron chi connectivity index (χ2n) is 11.9. The highest BCUT2D eigenvalue weighted by Gasteiger charge is 2.51. The molecular weight excluding hydrogens is 468 g/mol. The minimum Gasteiger partial charge on any atom is -0.460 e. The molecule has 9 nitrogen and oxygen atoms in total. The maximum absolute atomic E-state index is 13.0. The summed E-state index contributed by atoms with van der Waals surface area (Å²) in [5.74, 6) is -0.312. The van der Waals surface area contributed by atoms with Crippen LogP contribution in [0.15, 0.2) is 18.2 Å². The predicted molar refractivity (Wildman–Crippen MR) is 140 cm³/mol. The fourth-order valence-corrected chi connectivity index (χ4v) is 6.43. The zero-order valence-corrected chi connectivity index (χ0v) is 22.3. The summed E-state index contributed by atoms with van der Waals surface area (Å²) < 4.78 is 5.45. The lowest BCUT2D eigenvalue weighted by molar-refractivity contribution is -0.155. The molecule has 2 saturated heterocycles. The van der Waals surface area contributed by atoms with Gasteiger partial charge < -0.3 is 15.4 Å². The first kappa shape index (κ1) is 26.0. The average Bonchev–Trinajstić information content (AvgIpc) is 3.43. The summed E-state index contributed by atoms with van der Waals surface area (Å²) in [4.78, 5) is 27.4. The van der Waals surface area contributed by atoms with E-state index in [1.54, 1.807) is 0 Å². The molecule has 9 heteroatoms. The maximum Gasteiger partial charge on any atom is 0.307 e. The first-order chi connectivity index (χ1) is 17.7. The van der Waals surface area contributed by atoms with Gasteiger partial charge in [0.05, 0.1) is 24.3 Å². The van der Waals surface area contributed by atoms with E-state index < -0.39 is 5.60 Å². The van der Waals surface area contributed by atoms with Gasteiger partial charge in [0.25, 0.3) is 0 Å². The number of nitrogens with zero attached hydrogens (tertiary/aromatic N) is 3. The molecule has 5 atom stereocenters. The summed E-state index contributed by atoms with van der Waals surface area (Å²) >= 11 is 0. The lowest BCUT2D eigenvalue weighted by Gasteiger charge is -2.39. The molecule has 3 aliphatic heterocycles. The molecule has 0 bridgehead atoms. The molecule has 0 radical (unpaired) electrons. The minimum atomic E-state index is -0.462. The number of benzene rings is 1. The standard InChI is InChI=1S/C28H40N6O3/c1-28(2,3)37-24(35)11-13-33-16-19-8-9-21(14-20(19)17-33)31-26-25-23(10-12-30-27(25)36)34(32-26)22-7-5-4-6-18(22)15-29/h8-9,14,18,22-23,25-26,31-32H,4-7,10-13,16-17H2,1-3H3,(H,30,36)/t18-,22+,23?,25?,26?/m1/s1. The van der Waals surface area contributed by atoms with Gasteiger partial charge in [0.2, 0.25) is 5.91 Å². The van der Waals surface area contributed by atoms with E-state index in [0.717, 1.165) is 50.9 Å². The van der Waals surface area contributed by atoms with Gasteiger partial charge >= 0.3 is 5.97 Å². The molecule has 1 saturated carbocycles. The summed E-state index contributed by atoms with van der Waals surface area (Å²) in [7, 11) is 0. The second kappa shape index (κ2) is 10.6. The number of fused-ring (bicyclic) bond motifs is 2. The van der Waals surface area contributed by atoms with Crippen molar-refractivity contribution in [3.05, 3.63) is 29.3 Å². The number of hydrazine groups is 1. The van der Waals surface area contributed by atoms with Crippen molar-refractivity contribution in [2.45, 2.75) is 96.2 Å². The summed E-state index contributed by atoms with van der Waals surface area (Å²) in [5, 5.41) is 18.7. The van der Waals surface area contributed by atoms with E-state index in [4.69, 9.17) is 4.74 Å². The van der Waals surface area contributed by atoms with Gasteiger partial charge in [-0.1, -0.05) is 18.9 Å². The highest BCUT2D eigenvalue weighted by atomic mass is 16.6. The van der Waals surface area contributed by atoms with Crippen LogP contribution >= 0.6 is 0 Å². The molecule has 0 aromatic heterocycles. The number of nitriles is 1. The third kappa shape index (κ3) is 5.77. The quantitative estimate of drug-likeness (QED) is 0.504. The Morgan fingerprint density at radius 1 is 1.16 bits per heavy atom. The number of carbonyl (C=O) groups is 2. The van der Waals surface area contributed by atoms with Crippen LogP contribution in [0.25, 0.3) is 0 Å². The van der Waals surface area contributed by atoms with E-state index in [-0.39, 0.29) is 42.0 Å².